The molecular weight excluding hydrogens is 286 g/mol. The lowest BCUT2D eigenvalue weighted by Crippen LogP contribution is -2.42. The summed E-state index contributed by atoms with van der Waals surface area (Å²) in [7, 11) is 0. The molecule has 0 aliphatic carbocycles. The number of guanidine groups is 1. The SMILES string of the molecule is CCNC(=NCC1CCCN1CC)NCCN1CCCCCC1. The van der Waals surface area contributed by atoms with Gasteiger partial charge in [-0.3, -0.25) is 9.89 Å². The Morgan fingerprint density at radius 2 is 1.78 bits per heavy atom. The first-order valence-electron chi connectivity index (χ1n) is 9.82. The van der Waals surface area contributed by atoms with Crippen LogP contribution in [0.4, 0.5) is 0 Å². The average Bonchev–Trinajstić information content (AvgIpc) is 2.86. The monoisotopic (exact) mass is 323 g/mol. The van der Waals surface area contributed by atoms with Gasteiger partial charge in [0, 0.05) is 25.7 Å². The highest BCUT2D eigenvalue weighted by Crippen LogP contribution is 2.16. The molecule has 134 valence electrons. The fraction of sp³-hybridized carbons (Fsp3) is 0.944. The van der Waals surface area contributed by atoms with Gasteiger partial charge < -0.3 is 15.5 Å². The molecule has 23 heavy (non-hydrogen) atoms. The van der Waals surface area contributed by atoms with E-state index in [4.69, 9.17) is 4.99 Å². The zero-order chi connectivity index (χ0) is 16.3. The maximum absolute atomic E-state index is 4.83. The maximum atomic E-state index is 4.83. The first kappa shape index (κ1) is 18.5. The van der Waals surface area contributed by atoms with Gasteiger partial charge in [-0.25, -0.2) is 0 Å². The molecule has 1 unspecified atom stereocenters. The van der Waals surface area contributed by atoms with Crippen LogP contribution in [0.1, 0.15) is 52.4 Å². The lowest BCUT2D eigenvalue weighted by molar-refractivity contribution is 0.272. The van der Waals surface area contributed by atoms with Gasteiger partial charge in [-0.05, 0) is 58.8 Å². The molecule has 2 aliphatic rings. The summed E-state index contributed by atoms with van der Waals surface area (Å²) in [5.41, 5.74) is 0. The molecule has 2 aliphatic heterocycles. The summed E-state index contributed by atoms with van der Waals surface area (Å²) < 4.78 is 0. The predicted octanol–water partition coefficient (Wildman–Crippen LogP) is 1.90. The van der Waals surface area contributed by atoms with Crippen molar-refractivity contribution >= 4 is 5.96 Å². The van der Waals surface area contributed by atoms with Gasteiger partial charge in [-0.2, -0.15) is 0 Å². The van der Waals surface area contributed by atoms with E-state index >= 15 is 0 Å². The standard InChI is InChI=1S/C18H37N5/c1-3-19-18(21-16-17-10-9-14-23(17)4-2)20-11-15-22-12-7-5-6-8-13-22/h17H,3-16H2,1-2H3,(H2,19,20,21). The van der Waals surface area contributed by atoms with Gasteiger partial charge in [0.2, 0.25) is 0 Å². The summed E-state index contributed by atoms with van der Waals surface area (Å²) in [6.07, 6.45) is 8.16. The van der Waals surface area contributed by atoms with Crippen molar-refractivity contribution in [3.8, 4) is 0 Å². The van der Waals surface area contributed by atoms with Crippen LogP contribution in [0.3, 0.4) is 0 Å². The van der Waals surface area contributed by atoms with Gasteiger partial charge in [0.05, 0.1) is 6.54 Å². The molecule has 2 saturated heterocycles. The number of hydrogen-bond donors (Lipinski definition) is 2. The van der Waals surface area contributed by atoms with E-state index in [0.717, 1.165) is 38.7 Å². The van der Waals surface area contributed by atoms with Crippen molar-refractivity contribution in [2.75, 3.05) is 52.4 Å². The highest BCUT2D eigenvalue weighted by atomic mass is 15.2. The molecule has 0 radical (unpaired) electrons. The molecule has 0 bridgehead atoms. The zero-order valence-electron chi connectivity index (χ0n) is 15.3. The quantitative estimate of drug-likeness (QED) is 0.555. The van der Waals surface area contributed by atoms with Gasteiger partial charge in [0.1, 0.15) is 0 Å². The second-order valence-electron chi connectivity index (χ2n) is 6.83. The molecule has 2 heterocycles. The molecule has 0 saturated carbocycles. The van der Waals surface area contributed by atoms with Crippen molar-refractivity contribution in [3.63, 3.8) is 0 Å². The molecule has 2 rings (SSSR count). The van der Waals surface area contributed by atoms with Crippen molar-refractivity contribution in [1.29, 1.82) is 0 Å². The highest BCUT2D eigenvalue weighted by molar-refractivity contribution is 5.79. The van der Waals surface area contributed by atoms with Gasteiger partial charge in [-0.15, -0.1) is 0 Å². The van der Waals surface area contributed by atoms with Crippen LogP contribution >= 0.6 is 0 Å². The van der Waals surface area contributed by atoms with Gasteiger partial charge in [-0.1, -0.05) is 19.8 Å². The van der Waals surface area contributed by atoms with E-state index in [1.54, 1.807) is 0 Å². The van der Waals surface area contributed by atoms with Crippen LogP contribution < -0.4 is 10.6 Å². The van der Waals surface area contributed by atoms with E-state index in [1.165, 1.54) is 58.2 Å². The summed E-state index contributed by atoms with van der Waals surface area (Å²) in [5.74, 6) is 0.991. The van der Waals surface area contributed by atoms with Crippen LogP contribution in [0.5, 0.6) is 0 Å². The van der Waals surface area contributed by atoms with E-state index in [1.807, 2.05) is 0 Å². The summed E-state index contributed by atoms with van der Waals surface area (Å²) in [6.45, 7) is 13.3. The van der Waals surface area contributed by atoms with E-state index in [2.05, 4.69) is 34.3 Å². The average molecular weight is 324 g/mol. The van der Waals surface area contributed by atoms with Gasteiger partial charge >= 0.3 is 0 Å². The van der Waals surface area contributed by atoms with Crippen molar-refractivity contribution in [2.45, 2.75) is 58.4 Å². The summed E-state index contributed by atoms with van der Waals surface area (Å²) in [4.78, 5) is 9.99. The van der Waals surface area contributed by atoms with Crippen molar-refractivity contribution < 1.29 is 0 Å². The summed E-state index contributed by atoms with van der Waals surface area (Å²) >= 11 is 0. The number of likely N-dealkylation sites (N-methyl/N-ethyl adjacent to an activating group) is 1. The van der Waals surface area contributed by atoms with E-state index in [0.29, 0.717) is 6.04 Å². The number of likely N-dealkylation sites (tertiary alicyclic amines) is 2. The Morgan fingerprint density at radius 3 is 2.48 bits per heavy atom. The van der Waals surface area contributed by atoms with E-state index in [9.17, 15) is 0 Å². The van der Waals surface area contributed by atoms with Crippen LogP contribution in [0.2, 0.25) is 0 Å². The van der Waals surface area contributed by atoms with Crippen LogP contribution in [0, 0.1) is 0 Å². The minimum Gasteiger partial charge on any atom is -0.357 e. The second kappa shape index (κ2) is 10.9. The highest BCUT2D eigenvalue weighted by Gasteiger charge is 2.22. The largest absolute Gasteiger partial charge is 0.357 e. The Kier molecular flexibility index (Phi) is 8.76. The molecule has 0 aromatic carbocycles. The Hall–Kier alpha value is -0.810. The molecule has 0 aromatic rings. The Bertz CT molecular complexity index is 336. The summed E-state index contributed by atoms with van der Waals surface area (Å²) in [6, 6.07) is 0.640. The Labute approximate surface area is 142 Å². The number of aliphatic imine (C=N–C) groups is 1. The minimum absolute atomic E-state index is 0.640. The van der Waals surface area contributed by atoms with Gasteiger partial charge in [0.25, 0.3) is 0 Å². The molecule has 2 fully saturated rings. The fourth-order valence-corrected chi connectivity index (χ4v) is 3.75. The molecule has 5 nitrogen and oxygen atoms in total. The normalized spacial score (nSPS) is 24.6. The minimum atomic E-state index is 0.640. The van der Waals surface area contributed by atoms with Crippen LogP contribution in [-0.4, -0.2) is 74.2 Å². The second-order valence-corrected chi connectivity index (χ2v) is 6.83. The van der Waals surface area contributed by atoms with E-state index in [-0.39, 0.29) is 0 Å². The zero-order valence-corrected chi connectivity index (χ0v) is 15.3. The van der Waals surface area contributed by atoms with Crippen LogP contribution in [0.25, 0.3) is 0 Å². The topological polar surface area (TPSA) is 42.9 Å². The Balaban J connectivity index is 1.72. The smallest absolute Gasteiger partial charge is 0.191 e. The third-order valence-corrected chi connectivity index (χ3v) is 5.13. The Morgan fingerprint density at radius 1 is 1.00 bits per heavy atom. The molecule has 2 N–H and O–H groups in total. The number of rotatable bonds is 7. The van der Waals surface area contributed by atoms with E-state index < -0.39 is 0 Å². The summed E-state index contributed by atoms with van der Waals surface area (Å²) in [5, 5.41) is 6.92. The third kappa shape index (κ3) is 6.68. The molecule has 1 atom stereocenters. The van der Waals surface area contributed by atoms with Crippen LogP contribution in [0.15, 0.2) is 4.99 Å². The maximum Gasteiger partial charge on any atom is 0.191 e. The molecule has 0 aromatic heterocycles. The van der Waals surface area contributed by atoms with Crippen molar-refractivity contribution in [2.24, 2.45) is 4.99 Å². The van der Waals surface area contributed by atoms with Crippen molar-refractivity contribution in [3.05, 3.63) is 0 Å². The molecule has 5 heteroatoms. The number of nitrogens with one attached hydrogen (secondary N) is 2. The number of nitrogens with zero attached hydrogens (tertiary/aromatic N) is 3. The lowest BCUT2D eigenvalue weighted by Gasteiger charge is -2.22. The van der Waals surface area contributed by atoms with Gasteiger partial charge in [0.15, 0.2) is 5.96 Å². The first-order chi connectivity index (χ1) is 11.3. The molecular formula is C18H37N5. The molecule has 0 amide bonds. The van der Waals surface area contributed by atoms with Crippen molar-refractivity contribution in [1.82, 2.24) is 20.4 Å². The molecule has 0 spiro atoms. The fourth-order valence-electron chi connectivity index (χ4n) is 3.75. The predicted molar refractivity (Wildman–Crippen MR) is 99.2 cm³/mol. The lowest BCUT2D eigenvalue weighted by atomic mass is 10.2. The first-order valence-corrected chi connectivity index (χ1v) is 9.82. The number of hydrogen-bond acceptors (Lipinski definition) is 3. The third-order valence-electron chi connectivity index (χ3n) is 5.13. The van der Waals surface area contributed by atoms with Crippen LogP contribution in [-0.2, 0) is 0 Å².